The van der Waals surface area contributed by atoms with Crippen molar-refractivity contribution in [3.8, 4) is 11.3 Å². The van der Waals surface area contributed by atoms with Gasteiger partial charge in [-0.05, 0) is 48.7 Å². The molecule has 0 aliphatic carbocycles. The Morgan fingerprint density at radius 2 is 1.47 bits per heavy atom. The van der Waals surface area contributed by atoms with Gasteiger partial charge in [-0.1, -0.05) is 67.7 Å². The molecule has 204 valence electrons. The second kappa shape index (κ2) is 11.5. The third kappa shape index (κ3) is 7.09. The number of carbonyl (C=O) groups is 2. The van der Waals surface area contributed by atoms with E-state index in [0.29, 0.717) is 16.8 Å². The zero-order chi connectivity index (χ0) is 28.3. The molecule has 2 N–H and O–H groups in total. The van der Waals surface area contributed by atoms with Gasteiger partial charge in [0.25, 0.3) is 0 Å². The number of hydrogen-bond acceptors (Lipinski definition) is 4. The van der Waals surface area contributed by atoms with Gasteiger partial charge in [0, 0.05) is 22.5 Å². The quantitative estimate of drug-likeness (QED) is 0.297. The Bertz CT molecular complexity index is 1390. The van der Waals surface area contributed by atoms with E-state index in [1.807, 2.05) is 32.9 Å². The van der Waals surface area contributed by atoms with E-state index >= 15 is 0 Å². The van der Waals surface area contributed by atoms with Crippen molar-refractivity contribution in [2.45, 2.75) is 80.6 Å². The van der Waals surface area contributed by atoms with Crippen LogP contribution in [0.25, 0.3) is 22.3 Å². The molecule has 0 saturated heterocycles. The van der Waals surface area contributed by atoms with Gasteiger partial charge in [0.05, 0.1) is 16.8 Å². The van der Waals surface area contributed by atoms with Crippen LogP contribution in [0, 0.1) is 16.6 Å². The SMILES string of the molecule is CCCCCCc1cc(NC(=O)C(C)(C)C)c2c(=O)cc(-c3ccc(NC(=O)C(C)(C)C)c(F)c3)oc2c1. The lowest BCUT2D eigenvalue weighted by atomic mass is 9.95. The summed E-state index contributed by atoms with van der Waals surface area (Å²) in [7, 11) is 0. The molecule has 7 heteroatoms. The van der Waals surface area contributed by atoms with Crippen molar-refractivity contribution in [3.63, 3.8) is 0 Å². The molecule has 2 amide bonds. The van der Waals surface area contributed by atoms with Crippen LogP contribution in [-0.2, 0) is 16.0 Å². The maximum Gasteiger partial charge on any atom is 0.229 e. The molecule has 1 heterocycles. The minimum atomic E-state index is -0.676. The zero-order valence-electron chi connectivity index (χ0n) is 23.5. The standard InChI is InChI=1S/C31H39FN2O4/c1-8-9-10-11-12-19-15-23(34-29(37)31(5,6)7)27-24(35)18-25(38-26(27)16-19)20-13-14-22(21(32)17-20)33-28(36)30(2,3)4/h13-18H,8-12H2,1-7H3,(H,33,36)(H,34,37). The van der Waals surface area contributed by atoms with Gasteiger partial charge < -0.3 is 15.1 Å². The molecule has 38 heavy (non-hydrogen) atoms. The summed E-state index contributed by atoms with van der Waals surface area (Å²) < 4.78 is 21.0. The van der Waals surface area contributed by atoms with Crippen LogP contribution in [0.2, 0.25) is 0 Å². The van der Waals surface area contributed by atoms with Crippen molar-refractivity contribution in [1.82, 2.24) is 0 Å². The van der Waals surface area contributed by atoms with E-state index in [0.717, 1.165) is 37.7 Å². The van der Waals surface area contributed by atoms with Gasteiger partial charge in [-0.3, -0.25) is 14.4 Å². The highest BCUT2D eigenvalue weighted by Crippen LogP contribution is 2.31. The molecule has 0 radical (unpaired) electrons. The first-order valence-corrected chi connectivity index (χ1v) is 13.2. The number of nitrogens with one attached hydrogen (secondary N) is 2. The van der Waals surface area contributed by atoms with Crippen LogP contribution >= 0.6 is 0 Å². The number of aryl methyl sites for hydroxylation is 1. The van der Waals surface area contributed by atoms with E-state index in [-0.39, 0.29) is 34.1 Å². The maximum atomic E-state index is 14.9. The lowest BCUT2D eigenvalue weighted by Crippen LogP contribution is -2.28. The number of unbranched alkanes of at least 4 members (excludes halogenated alkanes) is 3. The molecular formula is C31H39FN2O4. The summed E-state index contributed by atoms with van der Waals surface area (Å²) in [6.07, 6.45) is 5.10. The Morgan fingerprint density at radius 1 is 0.842 bits per heavy atom. The van der Waals surface area contributed by atoms with Crippen LogP contribution in [0.1, 0.15) is 79.7 Å². The van der Waals surface area contributed by atoms with E-state index in [2.05, 4.69) is 17.6 Å². The van der Waals surface area contributed by atoms with Gasteiger partial charge in [0.1, 0.15) is 17.2 Å². The highest BCUT2D eigenvalue weighted by molar-refractivity contribution is 6.03. The monoisotopic (exact) mass is 522 g/mol. The maximum absolute atomic E-state index is 14.9. The topological polar surface area (TPSA) is 88.4 Å². The smallest absolute Gasteiger partial charge is 0.229 e. The molecule has 0 saturated carbocycles. The van der Waals surface area contributed by atoms with Gasteiger partial charge >= 0.3 is 0 Å². The molecule has 0 atom stereocenters. The Morgan fingerprint density at radius 3 is 2.05 bits per heavy atom. The molecular weight excluding hydrogens is 483 g/mol. The van der Waals surface area contributed by atoms with Gasteiger partial charge in [-0.2, -0.15) is 0 Å². The fraction of sp³-hybridized carbons (Fsp3) is 0.452. The number of fused-ring (bicyclic) bond motifs is 1. The van der Waals surface area contributed by atoms with Gasteiger partial charge in [-0.15, -0.1) is 0 Å². The molecule has 1 aromatic heterocycles. The fourth-order valence-electron chi connectivity index (χ4n) is 3.88. The van der Waals surface area contributed by atoms with Crippen LogP contribution in [0.3, 0.4) is 0 Å². The molecule has 0 fully saturated rings. The average molecular weight is 523 g/mol. The van der Waals surface area contributed by atoms with Crippen molar-refractivity contribution in [1.29, 1.82) is 0 Å². The number of anilines is 2. The molecule has 0 bridgehead atoms. The molecule has 0 unspecified atom stereocenters. The van der Waals surface area contributed by atoms with E-state index in [4.69, 9.17) is 4.42 Å². The molecule has 0 spiro atoms. The number of carbonyl (C=O) groups excluding carboxylic acids is 2. The van der Waals surface area contributed by atoms with Crippen molar-refractivity contribution in [2.24, 2.45) is 10.8 Å². The van der Waals surface area contributed by atoms with Crippen molar-refractivity contribution in [2.75, 3.05) is 10.6 Å². The Hall–Kier alpha value is -3.48. The van der Waals surface area contributed by atoms with Crippen molar-refractivity contribution < 1.29 is 18.4 Å². The van der Waals surface area contributed by atoms with Crippen LogP contribution in [0.5, 0.6) is 0 Å². The first kappa shape index (κ1) is 29.1. The molecule has 6 nitrogen and oxygen atoms in total. The third-order valence-corrected chi connectivity index (χ3v) is 6.32. The van der Waals surface area contributed by atoms with Gasteiger partial charge in [0.2, 0.25) is 11.8 Å². The molecule has 2 aromatic carbocycles. The van der Waals surface area contributed by atoms with E-state index in [9.17, 15) is 18.8 Å². The van der Waals surface area contributed by atoms with Crippen LogP contribution in [0.15, 0.2) is 45.6 Å². The average Bonchev–Trinajstić information content (AvgIpc) is 2.81. The van der Waals surface area contributed by atoms with E-state index in [1.165, 1.54) is 18.2 Å². The predicted octanol–water partition coefficient (Wildman–Crippen LogP) is 7.69. The Kier molecular flexibility index (Phi) is 8.80. The first-order chi connectivity index (χ1) is 17.7. The lowest BCUT2D eigenvalue weighted by molar-refractivity contribution is -0.123. The van der Waals surface area contributed by atoms with Crippen molar-refractivity contribution >= 4 is 34.2 Å². The van der Waals surface area contributed by atoms with Crippen LogP contribution in [-0.4, -0.2) is 11.8 Å². The summed E-state index contributed by atoms with van der Waals surface area (Å²) in [6, 6.07) is 9.27. The van der Waals surface area contributed by atoms with Crippen molar-refractivity contribution in [3.05, 3.63) is 58.0 Å². The highest BCUT2D eigenvalue weighted by Gasteiger charge is 2.24. The largest absolute Gasteiger partial charge is 0.456 e. The fourth-order valence-corrected chi connectivity index (χ4v) is 3.88. The number of hydrogen-bond donors (Lipinski definition) is 2. The van der Waals surface area contributed by atoms with Gasteiger partial charge in [0.15, 0.2) is 5.43 Å². The Balaban J connectivity index is 2.05. The van der Waals surface area contributed by atoms with E-state index in [1.54, 1.807) is 26.8 Å². The summed E-state index contributed by atoms with van der Waals surface area (Å²) in [5.74, 6) is -0.949. The van der Waals surface area contributed by atoms with Gasteiger partial charge in [-0.25, -0.2) is 4.39 Å². The molecule has 0 aliphatic heterocycles. The lowest BCUT2D eigenvalue weighted by Gasteiger charge is -2.19. The summed E-state index contributed by atoms with van der Waals surface area (Å²) >= 11 is 0. The van der Waals surface area contributed by atoms with Crippen LogP contribution in [0.4, 0.5) is 15.8 Å². The Labute approximate surface area is 224 Å². The summed E-state index contributed by atoms with van der Waals surface area (Å²) in [5, 5.41) is 5.79. The van der Waals surface area contributed by atoms with E-state index < -0.39 is 16.6 Å². The first-order valence-electron chi connectivity index (χ1n) is 13.2. The molecule has 0 aliphatic rings. The predicted molar refractivity (Wildman–Crippen MR) is 152 cm³/mol. The highest BCUT2D eigenvalue weighted by atomic mass is 19.1. The molecule has 3 rings (SSSR count). The van der Waals surface area contributed by atoms with Crippen LogP contribution < -0.4 is 16.1 Å². The second-order valence-electron chi connectivity index (χ2n) is 11.9. The summed E-state index contributed by atoms with van der Waals surface area (Å²) in [6.45, 7) is 12.8. The normalized spacial score (nSPS) is 12.0. The zero-order valence-corrected chi connectivity index (χ0v) is 23.5. The number of rotatable bonds is 8. The third-order valence-electron chi connectivity index (χ3n) is 6.32. The second-order valence-corrected chi connectivity index (χ2v) is 11.9. The minimum Gasteiger partial charge on any atom is -0.456 e. The number of halogens is 1. The summed E-state index contributed by atoms with van der Waals surface area (Å²) in [5.41, 5.74) is 0.450. The number of benzene rings is 2. The number of amides is 2. The molecule has 3 aromatic rings. The summed E-state index contributed by atoms with van der Waals surface area (Å²) in [4.78, 5) is 38.3. The minimum absolute atomic E-state index is 0.0540.